The van der Waals surface area contributed by atoms with Gasteiger partial charge in [-0.2, -0.15) is 23.4 Å². The number of rotatable bonds is 8. The van der Waals surface area contributed by atoms with Crippen LogP contribution in [0.3, 0.4) is 0 Å². The van der Waals surface area contributed by atoms with Gasteiger partial charge in [0.15, 0.2) is 17.2 Å². The van der Waals surface area contributed by atoms with E-state index in [1.54, 1.807) is 16.9 Å². The molecule has 0 radical (unpaired) electrons. The van der Waals surface area contributed by atoms with E-state index < -0.39 is 28.5 Å². The number of aromatic nitrogens is 4. The van der Waals surface area contributed by atoms with Gasteiger partial charge < -0.3 is 14.8 Å². The first kappa shape index (κ1) is 23.5. The van der Waals surface area contributed by atoms with Crippen LogP contribution < -0.4 is 14.8 Å². The molecule has 8 nitrogen and oxygen atoms in total. The first-order valence-corrected chi connectivity index (χ1v) is 10.0. The van der Waals surface area contributed by atoms with Crippen molar-refractivity contribution in [2.24, 2.45) is 7.05 Å². The second-order valence-corrected chi connectivity index (χ2v) is 7.04. The second kappa shape index (κ2) is 9.51. The normalized spacial score (nSPS) is 11.5. The second-order valence-electron chi connectivity index (χ2n) is 6.66. The Kier molecular flexibility index (Phi) is 6.97. The number of alkyl halides is 3. The van der Waals surface area contributed by atoms with Crippen LogP contribution in [0.4, 0.5) is 18.9 Å². The molecule has 0 spiro atoms. The third kappa shape index (κ3) is 5.16. The van der Waals surface area contributed by atoms with E-state index in [1.165, 1.54) is 13.2 Å². The maximum Gasteiger partial charge on any atom is 0.436 e. The Hall–Kier alpha value is -3.21. The summed E-state index contributed by atoms with van der Waals surface area (Å²) in [5.41, 5.74) is -0.554. The zero-order chi connectivity index (χ0) is 23.5. The summed E-state index contributed by atoms with van der Waals surface area (Å²) >= 11 is 5.76. The van der Waals surface area contributed by atoms with Crippen LogP contribution in [0, 0.1) is 0 Å². The molecule has 3 aromatic rings. The smallest absolute Gasteiger partial charge is 0.436 e. The monoisotopic (exact) mass is 471 g/mol. The lowest BCUT2D eigenvalue weighted by atomic mass is 10.2. The van der Waals surface area contributed by atoms with Gasteiger partial charge in [0.05, 0.1) is 31.6 Å². The van der Waals surface area contributed by atoms with Gasteiger partial charge >= 0.3 is 6.18 Å². The first-order chi connectivity index (χ1) is 15.1. The molecule has 0 saturated carbocycles. The van der Waals surface area contributed by atoms with Crippen molar-refractivity contribution in [1.82, 2.24) is 19.6 Å². The molecule has 1 amide bonds. The quantitative estimate of drug-likeness (QED) is 0.527. The molecule has 0 fully saturated rings. The fourth-order valence-electron chi connectivity index (χ4n) is 3.01. The van der Waals surface area contributed by atoms with E-state index in [2.05, 4.69) is 15.5 Å². The Morgan fingerprint density at radius 3 is 2.50 bits per heavy atom. The van der Waals surface area contributed by atoms with Crippen LogP contribution in [-0.2, 0) is 19.8 Å². The number of benzene rings is 1. The van der Waals surface area contributed by atoms with Crippen LogP contribution in [0.15, 0.2) is 30.6 Å². The SMILES string of the molecule is CCOc1ccc(Cn2cc(NC(=O)c3c(Cl)c(C(F)(F)F)nn3C)cn2)cc1OCC. The minimum Gasteiger partial charge on any atom is -0.490 e. The number of halogens is 4. The molecule has 0 saturated heterocycles. The number of carbonyl (C=O) groups is 1. The molecular formula is C20H21ClF3N5O3. The van der Waals surface area contributed by atoms with Crippen molar-refractivity contribution in [2.45, 2.75) is 26.6 Å². The number of nitrogens with one attached hydrogen (secondary N) is 1. The Bertz CT molecular complexity index is 1110. The minimum atomic E-state index is -4.77. The Morgan fingerprint density at radius 1 is 1.19 bits per heavy atom. The van der Waals surface area contributed by atoms with E-state index in [1.807, 2.05) is 26.0 Å². The number of anilines is 1. The number of hydrogen-bond donors (Lipinski definition) is 1. The predicted octanol–water partition coefficient (Wildman–Crippen LogP) is 4.39. The predicted molar refractivity (Wildman–Crippen MR) is 111 cm³/mol. The van der Waals surface area contributed by atoms with E-state index in [0.717, 1.165) is 10.2 Å². The fourth-order valence-corrected chi connectivity index (χ4v) is 3.36. The molecule has 12 heteroatoms. The van der Waals surface area contributed by atoms with Crippen molar-refractivity contribution in [3.63, 3.8) is 0 Å². The highest BCUT2D eigenvalue weighted by Crippen LogP contribution is 2.35. The fraction of sp³-hybridized carbons (Fsp3) is 0.350. The molecule has 2 aromatic heterocycles. The topological polar surface area (TPSA) is 83.2 Å². The molecule has 32 heavy (non-hydrogen) atoms. The summed E-state index contributed by atoms with van der Waals surface area (Å²) in [6.45, 7) is 5.11. The van der Waals surface area contributed by atoms with Crippen molar-refractivity contribution < 1.29 is 27.4 Å². The van der Waals surface area contributed by atoms with Crippen molar-refractivity contribution >= 4 is 23.2 Å². The van der Waals surface area contributed by atoms with Crippen LogP contribution >= 0.6 is 11.6 Å². The minimum absolute atomic E-state index is 0.289. The van der Waals surface area contributed by atoms with Gasteiger partial charge in [-0.05, 0) is 31.5 Å². The lowest BCUT2D eigenvalue weighted by molar-refractivity contribution is -0.141. The number of hydrogen-bond acceptors (Lipinski definition) is 5. The third-order valence-corrected chi connectivity index (χ3v) is 4.67. The summed E-state index contributed by atoms with van der Waals surface area (Å²) in [6, 6.07) is 5.50. The molecule has 0 atom stereocenters. The van der Waals surface area contributed by atoms with Crippen LogP contribution in [0.2, 0.25) is 5.02 Å². The molecule has 0 aliphatic heterocycles. The van der Waals surface area contributed by atoms with Crippen LogP contribution in [0.1, 0.15) is 35.6 Å². The van der Waals surface area contributed by atoms with Gasteiger partial charge in [-0.15, -0.1) is 0 Å². The summed E-state index contributed by atoms with van der Waals surface area (Å²) < 4.78 is 52.4. The Balaban J connectivity index is 1.74. The zero-order valence-corrected chi connectivity index (χ0v) is 18.3. The highest BCUT2D eigenvalue weighted by molar-refractivity contribution is 6.34. The summed E-state index contributed by atoms with van der Waals surface area (Å²) in [5, 5.41) is 9.21. The number of ether oxygens (including phenoxy) is 2. The van der Waals surface area contributed by atoms with Gasteiger partial charge in [-0.1, -0.05) is 17.7 Å². The molecule has 1 N–H and O–H groups in total. The lowest BCUT2D eigenvalue weighted by Crippen LogP contribution is -2.16. The van der Waals surface area contributed by atoms with Gasteiger partial charge in [-0.3, -0.25) is 14.2 Å². The molecule has 2 heterocycles. The molecule has 0 bridgehead atoms. The average Bonchev–Trinajstić information content (AvgIpc) is 3.27. The number of carbonyl (C=O) groups excluding carboxylic acids is 1. The van der Waals surface area contributed by atoms with E-state index in [0.29, 0.717) is 31.3 Å². The lowest BCUT2D eigenvalue weighted by Gasteiger charge is -2.12. The van der Waals surface area contributed by atoms with Gasteiger partial charge in [0, 0.05) is 13.2 Å². The number of amides is 1. The summed E-state index contributed by atoms with van der Waals surface area (Å²) in [7, 11) is 1.21. The largest absolute Gasteiger partial charge is 0.490 e. The van der Waals surface area contributed by atoms with Gasteiger partial charge in [0.25, 0.3) is 5.91 Å². The number of nitrogens with zero attached hydrogens (tertiary/aromatic N) is 4. The zero-order valence-electron chi connectivity index (χ0n) is 17.5. The van der Waals surface area contributed by atoms with Crippen molar-refractivity contribution in [3.05, 3.63) is 52.6 Å². The highest BCUT2D eigenvalue weighted by Gasteiger charge is 2.39. The highest BCUT2D eigenvalue weighted by atomic mass is 35.5. The molecule has 0 unspecified atom stereocenters. The molecule has 172 valence electrons. The standard InChI is InChI=1S/C20H21ClF3N5O3/c1-4-31-14-7-6-12(8-15(14)32-5-2)10-29-11-13(9-25-29)26-19(30)17-16(21)18(20(22,23)24)27-28(17)3/h6-9,11H,4-5,10H2,1-3H3,(H,26,30). The van der Waals surface area contributed by atoms with Crippen LogP contribution in [0.5, 0.6) is 11.5 Å². The average molecular weight is 472 g/mol. The molecule has 0 aliphatic carbocycles. The van der Waals surface area contributed by atoms with Crippen LogP contribution in [0.25, 0.3) is 0 Å². The van der Waals surface area contributed by atoms with Crippen molar-refractivity contribution in [3.8, 4) is 11.5 Å². The van der Waals surface area contributed by atoms with E-state index >= 15 is 0 Å². The number of aryl methyl sites for hydroxylation is 1. The van der Waals surface area contributed by atoms with E-state index in [-0.39, 0.29) is 5.69 Å². The summed E-state index contributed by atoms with van der Waals surface area (Å²) in [6.07, 6.45) is -1.84. The summed E-state index contributed by atoms with van der Waals surface area (Å²) in [4.78, 5) is 12.5. The Labute approximate surface area is 186 Å². The van der Waals surface area contributed by atoms with Crippen molar-refractivity contribution in [2.75, 3.05) is 18.5 Å². The van der Waals surface area contributed by atoms with Gasteiger partial charge in [0.1, 0.15) is 10.7 Å². The third-order valence-electron chi connectivity index (χ3n) is 4.32. The molecular weight excluding hydrogens is 451 g/mol. The van der Waals surface area contributed by atoms with Crippen LogP contribution in [-0.4, -0.2) is 38.7 Å². The molecule has 1 aromatic carbocycles. The van der Waals surface area contributed by atoms with Gasteiger partial charge in [-0.25, -0.2) is 0 Å². The van der Waals surface area contributed by atoms with E-state index in [9.17, 15) is 18.0 Å². The Morgan fingerprint density at radius 2 is 1.88 bits per heavy atom. The van der Waals surface area contributed by atoms with Crippen molar-refractivity contribution in [1.29, 1.82) is 0 Å². The van der Waals surface area contributed by atoms with E-state index in [4.69, 9.17) is 21.1 Å². The summed E-state index contributed by atoms with van der Waals surface area (Å²) in [5.74, 6) is 0.413. The van der Waals surface area contributed by atoms with Gasteiger partial charge in [0.2, 0.25) is 0 Å². The first-order valence-electron chi connectivity index (χ1n) is 9.66. The maximum absolute atomic E-state index is 13.0. The maximum atomic E-state index is 13.0. The molecule has 0 aliphatic rings. The molecule has 3 rings (SSSR count).